The molecule has 112 valence electrons. The first-order chi connectivity index (χ1) is 10.0. The highest BCUT2D eigenvalue weighted by atomic mass is 32.1. The van der Waals surface area contributed by atoms with Crippen LogP contribution in [0.25, 0.3) is 0 Å². The van der Waals surface area contributed by atoms with Gasteiger partial charge in [-0.25, -0.2) is 0 Å². The molecule has 2 N–H and O–H groups in total. The molecule has 2 rings (SSSR count). The summed E-state index contributed by atoms with van der Waals surface area (Å²) in [5.41, 5.74) is 3.47. The molecule has 0 aliphatic carbocycles. The van der Waals surface area contributed by atoms with Crippen molar-refractivity contribution in [3.05, 3.63) is 53.5 Å². The van der Waals surface area contributed by atoms with Gasteiger partial charge in [0.1, 0.15) is 5.76 Å². The highest BCUT2D eigenvalue weighted by molar-refractivity contribution is 7.80. The average molecular weight is 302 g/mol. The Kier molecular flexibility index (Phi) is 5.39. The van der Waals surface area contributed by atoms with E-state index in [4.69, 9.17) is 16.6 Å². The van der Waals surface area contributed by atoms with Gasteiger partial charge in [-0.2, -0.15) is 0 Å². The number of thiocarbonyl (C=S) groups is 1. The van der Waals surface area contributed by atoms with E-state index in [1.807, 2.05) is 12.1 Å². The van der Waals surface area contributed by atoms with Crippen LogP contribution in [0.15, 0.2) is 41.0 Å². The van der Waals surface area contributed by atoms with Crippen molar-refractivity contribution in [2.75, 3.05) is 5.32 Å². The number of benzene rings is 1. The molecule has 1 heterocycles. The SMILES string of the molecule is Cc1ccc(C)c(NC(=S)N[C@H](C)CCc2ccco2)c1. The standard InChI is InChI=1S/C17H22N2OS/c1-12-6-7-13(2)16(11-12)19-17(21)18-14(3)8-9-15-5-4-10-20-15/h4-7,10-11,14H,8-9H2,1-3H3,(H2,18,19,21)/t14-/m1/s1. The summed E-state index contributed by atoms with van der Waals surface area (Å²) < 4.78 is 5.34. The maximum absolute atomic E-state index is 5.38. The molecular weight excluding hydrogens is 280 g/mol. The Morgan fingerprint density at radius 2 is 2.10 bits per heavy atom. The van der Waals surface area contributed by atoms with Crippen LogP contribution in [0, 0.1) is 13.8 Å². The lowest BCUT2D eigenvalue weighted by Crippen LogP contribution is -2.36. The van der Waals surface area contributed by atoms with E-state index in [1.165, 1.54) is 11.1 Å². The zero-order valence-electron chi connectivity index (χ0n) is 12.8. The minimum Gasteiger partial charge on any atom is -0.469 e. The molecule has 0 spiro atoms. The maximum atomic E-state index is 5.38. The van der Waals surface area contributed by atoms with Gasteiger partial charge in [0.2, 0.25) is 0 Å². The molecule has 4 heteroatoms. The summed E-state index contributed by atoms with van der Waals surface area (Å²) in [5, 5.41) is 7.25. The number of furan rings is 1. The van der Waals surface area contributed by atoms with Crippen LogP contribution < -0.4 is 10.6 Å². The molecule has 1 atom stereocenters. The predicted octanol–water partition coefficient (Wildman–Crippen LogP) is 4.20. The van der Waals surface area contributed by atoms with Crippen molar-refractivity contribution in [3.63, 3.8) is 0 Å². The Balaban J connectivity index is 1.82. The summed E-state index contributed by atoms with van der Waals surface area (Å²) in [6.07, 6.45) is 3.59. The van der Waals surface area contributed by atoms with Crippen LogP contribution in [0.4, 0.5) is 5.69 Å². The topological polar surface area (TPSA) is 37.2 Å². The van der Waals surface area contributed by atoms with Gasteiger partial charge in [-0.1, -0.05) is 12.1 Å². The Labute approximate surface area is 131 Å². The van der Waals surface area contributed by atoms with Crippen LogP contribution >= 0.6 is 12.2 Å². The average Bonchev–Trinajstić information content (AvgIpc) is 2.94. The van der Waals surface area contributed by atoms with Gasteiger partial charge in [0.05, 0.1) is 6.26 Å². The minimum absolute atomic E-state index is 0.292. The quantitative estimate of drug-likeness (QED) is 0.812. The monoisotopic (exact) mass is 302 g/mol. The molecule has 0 fully saturated rings. The van der Waals surface area contributed by atoms with E-state index in [-0.39, 0.29) is 0 Å². The van der Waals surface area contributed by atoms with Crippen LogP contribution in [0.1, 0.15) is 30.2 Å². The second-order valence-electron chi connectivity index (χ2n) is 5.44. The normalized spacial score (nSPS) is 12.0. The molecule has 1 aromatic carbocycles. The molecule has 0 amide bonds. The third-order valence-electron chi connectivity index (χ3n) is 3.42. The van der Waals surface area contributed by atoms with Crippen LogP contribution in [-0.4, -0.2) is 11.2 Å². The zero-order valence-corrected chi connectivity index (χ0v) is 13.6. The number of anilines is 1. The Hall–Kier alpha value is -1.81. The molecule has 0 aliphatic rings. The van der Waals surface area contributed by atoms with Gasteiger partial charge < -0.3 is 15.1 Å². The molecular formula is C17H22N2OS. The third-order valence-corrected chi connectivity index (χ3v) is 3.64. The molecule has 1 aromatic heterocycles. The number of hydrogen-bond acceptors (Lipinski definition) is 2. The van der Waals surface area contributed by atoms with E-state index >= 15 is 0 Å². The molecule has 21 heavy (non-hydrogen) atoms. The van der Waals surface area contributed by atoms with Crippen molar-refractivity contribution in [3.8, 4) is 0 Å². The fraction of sp³-hybridized carbons (Fsp3) is 0.353. The van der Waals surface area contributed by atoms with Crippen LogP contribution in [0.3, 0.4) is 0 Å². The highest BCUT2D eigenvalue weighted by Crippen LogP contribution is 2.16. The molecule has 3 nitrogen and oxygen atoms in total. The van der Waals surface area contributed by atoms with Gasteiger partial charge >= 0.3 is 0 Å². The van der Waals surface area contributed by atoms with Crippen molar-refractivity contribution in [2.45, 2.75) is 39.7 Å². The minimum atomic E-state index is 0.292. The second-order valence-corrected chi connectivity index (χ2v) is 5.84. The van der Waals surface area contributed by atoms with Crippen LogP contribution in [-0.2, 0) is 6.42 Å². The number of nitrogens with one attached hydrogen (secondary N) is 2. The number of rotatable bonds is 5. The molecule has 2 aromatic rings. The van der Waals surface area contributed by atoms with Gasteiger partial charge in [0, 0.05) is 18.2 Å². The highest BCUT2D eigenvalue weighted by Gasteiger charge is 2.07. The largest absolute Gasteiger partial charge is 0.469 e. The summed E-state index contributed by atoms with van der Waals surface area (Å²) in [6, 6.07) is 10.5. The molecule has 0 saturated heterocycles. The Morgan fingerprint density at radius 1 is 1.29 bits per heavy atom. The van der Waals surface area contributed by atoms with Crippen LogP contribution in [0.5, 0.6) is 0 Å². The van der Waals surface area contributed by atoms with Crippen molar-refractivity contribution in [2.24, 2.45) is 0 Å². The first kappa shape index (κ1) is 15.6. The zero-order chi connectivity index (χ0) is 15.2. The number of aryl methyl sites for hydroxylation is 3. The summed E-state index contributed by atoms with van der Waals surface area (Å²) in [4.78, 5) is 0. The Bertz CT molecular complexity index is 593. The van der Waals surface area contributed by atoms with Crippen molar-refractivity contribution < 1.29 is 4.42 Å². The van der Waals surface area contributed by atoms with Crippen LogP contribution in [0.2, 0.25) is 0 Å². The predicted molar refractivity (Wildman–Crippen MR) is 91.8 cm³/mol. The maximum Gasteiger partial charge on any atom is 0.170 e. The lowest BCUT2D eigenvalue weighted by molar-refractivity contribution is 0.483. The Morgan fingerprint density at radius 3 is 2.81 bits per heavy atom. The van der Waals surface area contributed by atoms with E-state index in [9.17, 15) is 0 Å². The van der Waals surface area contributed by atoms with E-state index in [2.05, 4.69) is 49.6 Å². The van der Waals surface area contributed by atoms with E-state index < -0.39 is 0 Å². The third kappa shape index (κ3) is 4.90. The molecule has 0 bridgehead atoms. The summed E-state index contributed by atoms with van der Waals surface area (Å²) >= 11 is 5.38. The number of hydrogen-bond donors (Lipinski definition) is 2. The van der Waals surface area contributed by atoms with Crippen molar-refractivity contribution in [1.82, 2.24) is 5.32 Å². The molecule has 0 saturated carbocycles. The first-order valence-corrected chi connectivity index (χ1v) is 7.62. The molecule has 0 aliphatic heterocycles. The lowest BCUT2D eigenvalue weighted by atomic mass is 10.1. The fourth-order valence-corrected chi connectivity index (χ4v) is 2.45. The lowest BCUT2D eigenvalue weighted by Gasteiger charge is -2.17. The molecule has 0 radical (unpaired) electrons. The van der Waals surface area contributed by atoms with E-state index in [0.29, 0.717) is 11.2 Å². The summed E-state index contributed by atoms with van der Waals surface area (Å²) in [5.74, 6) is 1.01. The first-order valence-electron chi connectivity index (χ1n) is 7.22. The van der Waals surface area contributed by atoms with Gasteiger partial charge in [-0.3, -0.25) is 0 Å². The summed E-state index contributed by atoms with van der Waals surface area (Å²) in [7, 11) is 0. The van der Waals surface area contributed by atoms with Gasteiger partial charge in [-0.15, -0.1) is 0 Å². The second kappa shape index (κ2) is 7.27. The molecule has 0 unspecified atom stereocenters. The van der Waals surface area contributed by atoms with Gasteiger partial charge in [-0.05, 0) is 68.7 Å². The van der Waals surface area contributed by atoms with Crippen molar-refractivity contribution in [1.29, 1.82) is 0 Å². The van der Waals surface area contributed by atoms with Gasteiger partial charge in [0.15, 0.2) is 5.11 Å². The summed E-state index contributed by atoms with van der Waals surface area (Å²) in [6.45, 7) is 6.28. The van der Waals surface area contributed by atoms with E-state index in [0.717, 1.165) is 24.3 Å². The van der Waals surface area contributed by atoms with E-state index in [1.54, 1.807) is 6.26 Å². The smallest absolute Gasteiger partial charge is 0.170 e. The fourth-order valence-electron chi connectivity index (χ4n) is 2.14. The van der Waals surface area contributed by atoms with Crippen molar-refractivity contribution >= 4 is 23.0 Å². The van der Waals surface area contributed by atoms with Gasteiger partial charge in [0.25, 0.3) is 0 Å².